The first-order chi connectivity index (χ1) is 20.0. The van der Waals surface area contributed by atoms with Crippen LogP contribution >= 0.6 is 0 Å². The zero-order valence-corrected chi connectivity index (χ0v) is 24.0. The zero-order chi connectivity index (χ0) is 28.3. The molecule has 0 aliphatic carbocycles. The number of benzene rings is 2. The quantitative estimate of drug-likeness (QED) is 0.442. The Labute approximate surface area is 242 Å². The molecule has 6 rings (SSSR count). The van der Waals surface area contributed by atoms with Gasteiger partial charge in [-0.05, 0) is 56.3 Å². The molecule has 3 aliphatic rings. The molecular formula is C32H40N6O3. The van der Waals surface area contributed by atoms with Crippen LogP contribution in [0.5, 0.6) is 5.75 Å². The van der Waals surface area contributed by atoms with Gasteiger partial charge in [-0.2, -0.15) is 0 Å². The molecule has 3 aromatic rings. The number of fused-ring (bicyclic) bond motifs is 2. The highest BCUT2D eigenvalue weighted by Crippen LogP contribution is 2.36. The number of piperidine rings is 1. The second kappa shape index (κ2) is 12.0. The monoisotopic (exact) mass is 556 g/mol. The number of ether oxygens (including phenoxy) is 1. The second-order valence-electron chi connectivity index (χ2n) is 11.5. The predicted molar refractivity (Wildman–Crippen MR) is 161 cm³/mol. The Balaban J connectivity index is 1.26. The van der Waals surface area contributed by atoms with Crippen molar-refractivity contribution in [3.05, 3.63) is 66.1 Å². The van der Waals surface area contributed by atoms with Gasteiger partial charge in [-0.15, -0.1) is 0 Å². The summed E-state index contributed by atoms with van der Waals surface area (Å²) in [5, 5.41) is 12.6. The van der Waals surface area contributed by atoms with Crippen molar-refractivity contribution in [3.63, 3.8) is 0 Å². The summed E-state index contributed by atoms with van der Waals surface area (Å²) in [5.41, 5.74) is 3.20. The standard InChI is InChI=1S/C32H40N6O3/c1-3-31(40)36-13-15-37(16-14-36)32-27-10-12-38(29-18-25(39)17-24-8-4-5-9-26(24)29)20-28(27)33-30(34-32)22-41-21-23-7-6-11-35(2)19-23/h3-5,8-9,17-18,23,39H,1,6-7,10-16,19-22H2,2H3. The summed E-state index contributed by atoms with van der Waals surface area (Å²) >= 11 is 0. The first kappa shape index (κ1) is 27.5. The molecule has 3 aliphatic heterocycles. The SMILES string of the molecule is C=CC(=O)N1CCN(c2nc(COCC3CCCN(C)C3)nc3c2CCN(c2cc(O)cc4ccccc24)C3)CC1. The van der Waals surface area contributed by atoms with Gasteiger partial charge >= 0.3 is 0 Å². The summed E-state index contributed by atoms with van der Waals surface area (Å²) in [4.78, 5) is 31.1. The lowest BCUT2D eigenvalue weighted by atomic mass is 10.00. The average molecular weight is 557 g/mol. The molecule has 0 spiro atoms. The van der Waals surface area contributed by atoms with Crippen LogP contribution in [-0.2, 0) is 29.1 Å². The number of piperazine rings is 1. The molecule has 216 valence electrons. The van der Waals surface area contributed by atoms with Crippen LogP contribution in [0.15, 0.2) is 49.1 Å². The number of carbonyl (C=O) groups excluding carboxylic acids is 1. The summed E-state index contributed by atoms with van der Waals surface area (Å²) in [6, 6.07) is 11.8. The van der Waals surface area contributed by atoms with Crippen molar-refractivity contribution in [2.75, 3.05) is 69.3 Å². The first-order valence-corrected chi connectivity index (χ1v) is 14.8. The van der Waals surface area contributed by atoms with Gasteiger partial charge in [-0.25, -0.2) is 9.97 Å². The van der Waals surface area contributed by atoms with E-state index in [1.165, 1.54) is 24.5 Å². The minimum absolute atomic E-state index is 0.0224. The fraction of sp³-hybridized carbons (Fsp3) is 0.469. The van der Waals surface area contributed by atoms with Crippen molar-refractivity contribution in [2.24, 2.45) is 5.92 Å². The number of aromatic hydroxyl groups is 1. The lowest BCUT2D eigenvalue weighted by Gasteiger charge is -2.38. The molecule has 4 heterocycles. The van der Waals surface area contributed by atoms with Gasteiger partial charge in [-0.1, -0.05) is 30.8 Å². The van der Waals surface area contributed by atoms with E-state index in [9.17, 15) is 9.90 Å². The largest absolute Gasteiger partial charge is 0.508 e. The van der Waals surface area contributed by atoms with Crippen LogP contribution in [0.1, 0.15) is 29.9 Å². The Morgan fingerprint density at radius 3 is 2.73 bits per heavy atom. The van der Waals surface area contributed by atoms with E-state index in [1.807, 2.05) is 35.2 Å². The Morgan fingerprint density at radius 1 is 1.10 bits per heavy atom. The minimum Gasteiger partial charge on any atom is -0.508 e. The van der Waals surface area contributed by atoms with Gasteiger partial charge in [0.2, 0.25) is 5.91 Å². The van der Waals surface area contributed by atoms with Crippen molar-refractivity contribution in [3.8, 4) is 5.75 Å². The summed E-state index contributed by atoms with van der Waals surface area (Å²) in [7, 11) is 2.18. The van der Waals surface area contributed by atoms with E-state index in [-0.39, 0.29) is 11.7 Å². The van der Waals surface area contributed by atoms with Crippen LogP contribution in [0, 0.1) is 5.92 Å². The molecule has 1 amide bonds. The van der Waals surface area contributed by atoms with Gasteiger partial charge in [0.05, 0.1) is 18.8 Å². The number of phenols is 1. The Morgan fingerprint density at radius 2 is 1.93 bits per heavy atom. The summed E-state index contributed by atoms with van der Waals surface area (Å²) in [6.45, 7) is 11.1. The van der Waals surface area contributed by atoms with Crippen LogP contribution in [0.2, 0.25) is 0 Å². The maximum Gasteiger partial charge on any atom is 0.246 e. The number of aromatic nitrogens is 2. The van der Waals surface area contributed by atoms with E-state index in [0.717, 1.165) is 67.1 Å². The number of carbonyl (C=O) groups is 1. The fourth-order valence-electron chi connectivity index (χ4n) is 6.52. The third-order valence-corrected chi connectivity index (χ3v) is 8.63. The molecule has 1 unspecified atom stereocenters. The van der Waals surface area contributed by atoms with Crippen LogP contribution < -0.4 is 9.80 Å². The van der Waals surface area contributed by atoms with E-state index in [4.69, 9.17) is 14.7 Å². The molecule has 2 saturated heterocycles. The molecular weight excluding hydrogens is 516 g/mol. The average Bonchev–Trinajstić information content (AvgIpc) is 2.99. The molecule has 1 N–H and O–H groups in total. The molecule has 2 aromatic carbocycles. The van der Waals surface area contributed by atoms with Gasteiger partial charge in [0, 0.05) is 62.0 Å². The Kier molecular flexibility index (Phi) is 8.07. The fourth-order valence-corrected chi connectivity index (χ4v) is 6.52. The third-order valence-electron chi connectivity index (χ3n) is 8.63. The summed E-state index contributed by atoms with van der Waals surface area (Å²) in [5.74, 6) is 2.45. The van der Waals surface area contributed by atoms with Gasteiger partial charge < -0.3 is 29.4 Å². The lowest BCUT2D eigenvalue weighted by molar-refractivity contribution is -0.126. The molecule has 0 saturated carbocycles. The molecule has 1 atom stereocenters. The highest BCUT2D eigenvalue weighted by atomic mass is 16.5. The number of hydrogen-bond acceptors (Lipinski definition) is 8. The summed E-state index contributed by atoms with van der Waals surface area (Å²) < 4.78 is 6.21. The number of hydrogen-bond donors (Lipinski definition) is 1. The topological polar surface area (TPSA) is 85.3 Å². The lowest BCUT2D eigenvalue weighted by Crippen LogP contribution is -2.49. The Bertz CT molecular complexity index is 1420. The van der Waals surface area contributed by atoms with Crippen molar-refractivity contribution in [2.45, 2.75) is 32.4 Å². The normalized spacial score (nSPS) is 19.8. The highest BCUT2D eigenvalue weighted by Gasteiger charge is 2.29. The molecule has 1 aromatic heterocycles. The number of rotatable bonds is 7. The zero-order valence-electron chi connectivity index (χ0n) is 24.0. The first-order valence-electron chi connectivity index (χ1n) is 14.8. The molecule has 41 heavy (non-hydrogen) atoms. The maximum absolute atomic E-state index is 12.2. The van der Waals surface area contributed by atoms with Crippen molar-refractivity contribution in [1.29, 1.82) is 0 Å². The van der Waals surface area contributed by atoms with E-state index < -0.39 is 0 Å². The number of amides is 1. The number of phenolic OH excluding ortho intramolecular Hbond substituents is 1. The summed E-state index contributed by atoms with van der Waals surface area (Å²) in [6.07, 6.45) is 4.60. The third kappa shape index (κ3) is 6.01. The number of anilines is 2. The van der Waals surface area contributed by atoms with E-state index in [2.05, 4.69) is 34.4 Å². The van der Waals surface area contributed by atoms with Crippen LogP contribution in [0.25, 0.3) is 10.8 Å². The maximum atomic E-state index is 12.2. The van der Waals surface area contributed by atoms with Gasteiger partial charge in [0.1, 0.15) is 18.2 Å². The van der Waals surface area contributed by atoms with Crippen molar-refractivity contribution in [1.82, 2.24) is 19.8 Å². The molecule has 2 fully saturated rings. The molecule has 9 nitrogen and oxygen atoms in total. The van der Waals surface area contributed by atoms with E-state index >= 15 is 0 Å². The second-order valence-corrected chi connectivity index (χ2v) is 11.5. The number of likely N-dealkylation sites (tertiary alicyclic amines) is 1. The van der Waals surface area contributed by atoms with Gasteiger partial charge in [-0.3, -0.25) is 4.79 Å². The van der Waals surface area contributed by atoms with Crippen LogP contribution in [0.4, 0.5) is 11.5 Å². The van der Waals surface area contributed by atoms with Gasteiger partial charge in [0.25, 0.3) is 0 Å². The van der Waals surface area contributed by atoms with Crippen molar-refractivity contribution >= 4 is 28.2 Å². The minimum atomic E-state index is -0.0224. The van der Waals surface area contributed by atoms with Crippen molar-refractivity contribution < 1.29 is 14.6 Å². The highest BCUT2D eigenvalue weighted by molar-refractivity contribution is 5.95. The van der Waals surface area contributed by atoms with E-state index in [1.54, 1.807) is 0 Å². The smallest absolute Gasteiger partial charge is 0.246 e. The molecule has 0 bridgehead atoms. The molecule has 0 radical (unpaired) electrons. The number of nitrogens with zero attached hydrogens (tertiary/aromatic N) is 6. The molecule has 9 heteroatoms. The van der Waals surface area contributed by atoms with E-state index in [0.29, 0.717) is 44.6 Å². The predicted octanol–water partition coefficient (Wildman–Crippen LogP) is 3.59. The Hall–Kier alpha value is -3.69. The van der Waals surface area contributed by atoms with Crippen LogP contribution in [-0.4, -0.2) is 90.2 Å². The van der Waals surface area contributed by atoms with Gasteiger partial charge in [0.15, 0.2) is 5.82 Å². The van der Waals surface area contributed by atoms with Crippen LogP contribution in [0.3, 0.4) is 0 Å².